The molecule has 41 heavy (non-hydrogen) atoms. The van der Waals surface area contributed by atoms with Crippen LogP contribution in [0.25, 0.3) is 11.1 Å². The van der Waals surface area contributed by atoms with Crippen molar-refractivity contribution in [3.8, 4) is 0 Å². The van der Waals surface area contributed by atoms with Crippen LogP contribution in [0.15, 0.2) is 65.1 Å². The van der Waals surface area contributed by atoms with Crippen molar-refractivity contribution in [3.05, 3.63) is 93.4 Å². The summed E-state index contributed by atoms with van der Waals surface area (Å²) in [6.45, 7) is 8.00. The molecule has 1 aliphatic rings. The number of aromatic nitrogens is 1. The topological polar surface area (TPSA) is 114 Å². The number of carbonyl (C=O) groups excluding carboxylic acids is 1. The molecule has 2 N–H and O–H groups in total. The minimum Gasteiger partial charge on any atom is -0.440 e. The fourth-order valence-electron chi connectivity index (χ4n) is 4.97. The van der Waals surface area contributed by atoms with Gasteiger partial charge in [0.15, 0.2) is 16.6 Å². The Morgan fingerprint density at radius 2 is 1.85 bits per heavy atom. The molecule has 1 fully saturated rings. The third-order valence-electron chi connectivity index (χ3n) is 7.48. The predicted octanol–water partition coefficient (Wildman–Crippen LogP) is 6.81. The van der Waals surface area contributed by atoms with Gasteiger partial charge in [-0.2, -0.15) is 0 Å². The third-order valence-corrected chi connectivity index (χ3v) is 7.68. The maximum absolute atomic E-state index is 12.8. The molecule has 0 bridgehead atoms. The van der Waals surface area contributed by atoms with Crippen LogP contribution in [0, 0.1) is 16.0 Å². The molecule has 212 valence electrons. The molecule has 10 heteroatoms. The summed E-state index contributed by atoms with van der Waals surface area (Å²) in [7, 11) is 0. The Hall–Kier alpha value is -4.31. The molecule has 5 rings (SSSR count). The highest BCUT2D eigenvalue weighted by molar-refractivity contribution is 7.80. The summed E-state index contributed by atoms with van der Waals surface area (Å²) < 4.78 is 5.92. The molecule has 1 aromatic heterocycles. The van der Waals surface area contributed by atoms with Gasteiger partial charge >= 0.3 is 0 Å². The van der Waals surface area contributed by atoms with Crippen molar-refractivity contribution in [1.82, 2.24) is 10.3 Å². The Morgan fingerprint density at radius 1 is 1.12 bits per heavy atom. The molecule has 0 radical (unpaired) electrons. The standard InChI is InChI=1S/C31H33N5O4S/c1-19(2)22-7-11-28-25(17-22)33-29(40-28)16-21-4-8-24(9-5-21)32-31(41)34-30(37)23-6-10-26(27(18-23)36(38)39)35-14-12-20(3)13-15-35/h4-11,17-20H,12-16H2,1-3H3,(H2,32,34,37,41). The van der Waals surface area contributed by atoms with E-state index in [0.29, 0.717) is 35.5 Å². The molecule has 1 saturated heterocycles. The number of fused-ring (bicyclic) bond motifs is 1. The quantitative estimate of drug-likeness (QED) is 0.141. The number of nitro benzene ring substituents is 1. The van der Waals surface area contributed by atoms with Gasteiger partial charge in [0.05, 0.1) is 4.92 Å². The van der Waals surface area contributed by atoms with Crippen molar-refractivity contribution in [1.29, 1.82) is 0 Å². The lowest BCUT2D eigenvalue weighted by Crippen LogP contribution is -2.35. The van der Waals surface area contributed by atoms with E-state index in [1.165, 1.54) is 11.6 Å². The largest absolute Gasteiger partial charge is 0.440 e. The molecule has 3 aromatic carbocycles. The van der Waals surface area contributed by atoms with Gasteiger partial charge in [-0.15, -0.1) is 0 Å². The monoisotopic (exact) mass is 571 g/mol. The van der Waals surface area contributed by atoms with Crippen LogP contribution in [0.2, 0.25) is 0 Å². The molecule has 0 atom stereocenters. The summed E-state index contributed by atoms with van der Waals surface area (Å²) in [5, 5.41) is 17.5. The minimum absolute atomic E-state index is 0.0824. The Labute approximate surface area is 244 Å². The Balaban J connectivity index is 1.19. The van der Waals surface area contributed by atoms with Gasteiger partial charge in [0.1, 0.15) is 11.2 Å². The van der Waals surface area contributed by atoms with Gasteiger partial charge in [-0.05, 0) is 84.4 Å². The van der Waals surface area contributed by atoms with Crippen molar-refractivity contribution < 1.29 is 14.1 Å². The number of anilines is 2. The second-order valence-electron chi connectivity index (χ2n) is 10.9. The van der Waals surface area contributed by atoms with Crippen LogP contribution >= 0.6 is 12.2 Å². The Morgan fingerprint density at radius 3 is 2.54 bits per heavy atom. The number of piperidine rings is 1. The number of hydrogen-bond acceptors (Lipinski definition) is 7. The summed E-state index contributed by atoms with van der Waals surface area (Å²) in [5.41, 5.74) is 5.17. The summed E-state index contributed by atoms with van der Waals surface area (Å²) in [6, 6.07) is 18.2. The number of nitrogens with zero attached hydrogens (tertiary/aromatic N) is 3. The number of thiocarbonyl (C=S) groups is 1. The molecule has 0 saturated carbocycles. The fraction of sp³-hybridized carbons (Fsp3) is 0.323. The summed E-state index contributed by atoms with van der Waals surface area (Å²) in [6.07, 6.45) is 2.50. The first-order chi connectivity index (χ1) is 19.7. The van der Waals surface area contributed by atoms with Crippen molar-refractivity contribution in [2.75, 3.05) is 23.3 Å². The molecular weight excluding hydrogens is 538 g/mol. The minimum atomic E-state index is -0.516. The highest BCUT2D eigenvalue weighted by Crippen LogP contribution is 2.32. The first-order valence-corrected chi connectivity index (χ1v) is 14.2. The van der Waals surface area contributed by atoms with Gasteiger partial charge in [-0.3, -0.25) is 20.2 Å². The second kappa shape index (κ2) is 12.1. The molecule has 0 spiro atoms. The van der Waals surface area contributed by atoms with Crippen LogP contribution < -0.4 is 15.5 Å². The normalized spacial score (nSPS) is 13.9. The smallest absolute Gasteiger partial charge is 0.293 e. The van der Waals surface area contributed by atoms with E-state index in [1.807, 2.05) is 35.2 Å². The van der Waals surface area contributed by atoms with Crippen LogP contribution in [0.5, 0.6) is 0 Å². The maximum atomic E-state index is 12.8. The highest BCUT2D eigenvalue weighted by Gasteiger charge is 2.25. The van der Waals surface area contributed by atoms with Crippen molar-refractivity contribution in [3.63, 3.8) is 0 Å². The van der Waals surface area contributed by atoms with Crippen molar-refractivity contribution in [2.45, 2.75) is 46.0 Å². The molecule has 9 nitrogen and oxygen atoms in total. The lowest BCUT2D eigenvalue weighted by Gasteiger charge is -2.31. The Bertz CT molecular complexity index is 1590. The zero-order valence-corrected chi connectivity index (χ0v) is 24.2. The number of hydrogen-bond donors (Lipinski definition) is 2. The number of nitrogens with one attached hydrogen (secondary N) is 2. The first kappa shape index (κ1) is 28.2. The van der Waals surface area contributed by atoms with Crippen molar-refractivity contribution in [2.24, 2.45) is 5.92 Å². The van der Waals surface area contributed by atoms with Gasteiger partial charge in [0.25, 0.3) is 11.6 Å². The third kappa shape index (κ3) is 6.71. The number of rotatable bonds is 7. The van der Waals surface area contributed by atoms with Gasteiger partial charge in [0.2, 0.25) is 0 Å². The SMILES string of the molecule is CC1CCN(c2ccc(C(=O)NC(=S)Nc3ccc(Cc4nc5cc(C(C)C)ccc5o4)cc3)cc2[N+](=O)[O-])CC1. The van der Waals surface area contributed by atoms with Gasteiger partial charge in [-0.1, -0.05) is 39.0 Å². The molecular formula is C31H33N5O4S. The van der Waals surface area contributed by atoms with E-state index in [-0.39, 0.29) is 16.4 Å². The predicted molar refractivity (Wildman–Crippen MR) is 165 cm³/mol. The summed E-state index contributed by atoms with van der Waals surface area (Å²) >= 11 is 5.33. The molecule has 0 unspecified atom stereocenters. The molecule has 4 aromatic rings. The zero-order chi connectivity index (χ0) is 29.1. The molecule has 1 amide bonds. The van der Waals surface area contributed by atoms with Gasteiger partial charge < -0.3 is 14.6 Å². The highest BCUT2D eigenvalue weighted by atomic mass is 32.1. The van der Waals surface area contributed by atoms with Gasteiger partial charge in [0, 0.05) is 36.8 Å². The lowest BCUT2D eigenvalue weighted by molar-refractivity contribution is -0.384. The number of benzene rings is 3. The molecule has 0 aliphatic carbocycles. The van der Waals surface area contributed by atoms with Crippen LogP contribution in [0.3, 0.4) is 0 Å². The van der Waals surface area contributed by atoms with Crippen LogP contribution in [0.1, 0.15) is 66.9 Å². The average Bonchev–Trinajstić information content (AvgIpc) is 3.35. The van der Waals surface area contributed by atoms with Crippen LogP contribution in [0.4, 0.5) is 17.1 Å². The maximum Gasteiger partial charge on any atom is 0.293 e. The number of nitro groups is 1. The number of amides is 1. The number of carbonyl (C=O) groups is 1. The Kier molecular flexibility index (Phi) is 8.30. The van der Waals surface area contributed by atoms with E-state index >= 15 is 0 Å². The van der Waals surface area contributed by atoms with E-state index in [0.717, 1.165) is 42.6 Å². The van der Waals surface area contributed by atoms with E-state index < -0.39 is 10.8 Å². The van der Waals surface area contributed by atoms with E-state index in [4.69, 9.17) is 16.6 Å². The summed E-state index contributed by atoms with van der Waals surface area (Å²) in [4.78, 5) is 30.9. The van der Waals surface area contributed by atoms with Crippen molar-refractivity contribution >= 4 is 51.4 Å². The van der Waals surface area contributed by atoms with Crippen LogP contribution in [-0.4, -0.2) is 34.0 Å². The summed E-state index contributed by atoms with van der Waals surface area (Å²) in [5.74, 6) is 1.15. The first-order valence-electron chi connectivity index (χ1n) is 13.8. The average molecular weight is 572 g/mol. The molecule has 1 aliphatic heterocycles. The van der Waals surface area contributed by atoms with Gasteiger partial charge in [-0.25, -0.2) is 4.98 Å². The van der Waals surface area contributed by atoms with E-state index in [1.54, 1.807) is 12.1 Å². The molecule has 2 heterocycles. The van der Waals surface area contributed by atoms with Crippen LogP contribution in [-0.2, 0) is 6.42 Å². The van der Waals surface area contributed by atoms with E-state index in [9.17, 15) is 14.9 Å². The van der Waals surface area contributed by atoms with E-state index in [2.05, 4.69) is 48.5 Å². The fourth-order valence-corrected chi connectivity index (χ4v) is 5.18. The second-order valence-corrected chi connectivity index (χ2v) is 11.3. The lowest BCUT2D eigenvalue weighted by atomic mass is 9.98. The zero-order valence-electron chi connectivity index (χ0n) is 23.3. The number of oxazole rings is 1.